The van der Waals surface area contributed by atoms with Crippen molar-refractivity contribution in [2.75, 3.05) is 4.90 Å². The number of anilines is 1. The van der Waals surface area contributed by atoms with Gasteiger partial charge in [-0.3, -0.25) is 9.59 Å². The van der Waals surface area contributed by atoms with Gasteiger partial charge in [-0.2, -0.15) is 0 Å². The fourth-order valence-electron chi connectivity index (χ4n) is 2.99. The zero-order valence-corrected chi connectivity index (χ0v) is 17.1. The first kappa shape index (κ1) is 19.7. The summed E-state index contributed by atoms with van der Waals surface area (Å²) in [5.41, 5.74) is 0.384. The Balaban J connectivity index is 1.88. The highest BCUT2D eigenvalue weighted by Crippen LogP contribution is 2.43. The van der Waals surface area contributed by atoms with Crippen molar-refractivity contribution in [2.24, 2.45) is 0 Å². The summed E-state index contributed by atoms with van der Waals surface area (Å²) in [6.07, 6.45) is 0. The van der Waals surface area contributed by atoms with Gasteiger partial charge in [0, 0.05) is 15.5 Å². The van der Waals surface area contributed by atoms with Crippen LogP contribution in [0.1, 0.15) is 5.56 Å². The van der Waals surface area contributed by atoms with Gasteiger partial charge >= 0.3 is 0 Å². The number of hydrogen-bond donors (Lipinski definition) is 0. The second-order valence-electron chi connectivity index (χ2n) is 6.14. The van der Waals surface area contributed by atoms with Crippen molar-refractivity contribution >= 4 is 58.0 Å². The Hall–Kier alpha value is -2.60. The van der Waals surface area contributed by atoms with Crippen LogP contribution >= 0.6 is 35.0 Å². The van der Waals surface area contributed by atoms with Crippen LogP contribution in [0.5, 0.6) is 0 Å². The van der Waals surface area contributed by atoms with E-state index in [0.29, 0.717) is 10.6 Å². The summed E-state index contributed by atoms with van der Waals surface area (Å²) in [6, 6.07) is 19.5. The van der Waals surface area contributed by atoms with E-state index in [9.17, 15) is 14.0 Å². The van der Waals surface area contributed by atoms with Crippen molar-refractivity contribution < 1.29 is 14.0 Å². The van der Waals surface area contributed by atoms with Crippen LogP contribution in [0.2, 0.25) is 10.0 Å². The van der Waals surface area contributed by atoms with Crippen molar-refractivity contribution in [2.45, 2.75) is 4.90 Å². The van der Waals surface area contributed by atoms with Gasteiger partial charge in [-0.05, 0) is 36.4 Å². The van der Waals surface area contributed by atoms with E-state index in [1.54, 1.807) is 18.2 Å². The third-order valence-corrected chi connectivity index (χ3v) is 5.94. The number of para-hydroxylation sites is 1. The van der Waals surface area contributed by atoms with Gasteiger partial charge in [0.1, 0.15) is 5.82 Å². The first-order chi connectivity index (χ1) is 14.0. The molecule has 1 aliphatic rings. The highest BCUT2D eigenvalue weighted by atomic mass is 35.5. The third-order valence-electron chi connectivity index (χ3n) is 4.30. The lowest BCUT2D eigenvalue weighted by atomic mass is 10.1. The third kappa shape index (κ3) is 3.69. The van der Waals surface area contributed by atoms with Gasteiger partial charge in [0.2, 0.25) is 0 Å². The van der Waals surface area contributed by atoms with Crippen LogP contribution in [-0.2, 0) is 9.59 Å². The molecule has 7 heteroatoms. The molecule has 0 aromatic heterocycles. The molecule has 0 aliphatic carbocycles. The molecule has 3 aromatic rings. The number of halogens is 3. The molecule has 0 spiro atoms. The Morgan fingerprint density at radius 3 is 2.21 bits per heavy atom. The van der Waals surface area contributed by atoms with E-state index in [2.05, 4.69) is 0 Å². The molecule has 144 valence electrons. The van der Waals surface area contributed by atoms with Gasteiger partial charge in [0.25, 0.3) is 11.8 Å². The zero-order valence-electron chi connectivity index (χ0n) is 14.7. The first-order valence-corrected chi connectivity index (χ1v) is 10.1. The molecule has 2 amide bonds. The summed E-state index contributed by atoms with van der Waals surface area (Å²) >= 11 is 13.5. The lowest BCUT2D eigenvalue weighted by Gasteiger charge is -2.16. The molecule has 29 heavy (non-hydrogen) atoms. The maximum absolute atomic E-state index is 14.4. The van der Waals surface area contributed by atoms with Crippen LogP contribution in [0.25, 0.3) is 5.57 Å². The molecular formula is C22H12Cl2FNO2S. The SMILES string of the molecule is O=C1C(Sc2ccccc2)=C(c2ccc(Cl)cc2Cl)C(=O)N1c1ccccc1F. The standard InChI is InChI=1S/C22H12Cl2FNO2S/c23-13-10-11-15(16(24)12-13)19-20(29-14-6-2-1-3-7-14)22(28)26(21(19)27)18-9-5-4-8-17(18)25/h1-12H. The number of nitrogens with zero attached hydrogens (tertiary/aromatic N) is 1. The minimum Gasteiger partial charge on any atom is -0.268 e. The Morgan fingerprint density at radius 2 is 1.52 bits per heavy atom. The Morgan fingerprint density at radius 1 is 0.828 bits per heavy atom. The van der Waals surface area contributed by atoms with E-state index in [1.165, 1.54) is 24.3 Å². The second-order valence-corrected chi connectivity index (χ2v) is 8.07. The fourth-order valence-corrected chi connectivity index (χ4v) is 4.50. The summed E-state index contributed by atoms with van der Waals surface area (Å²) in [7, 11) is 0. The molecule has 0 fully saturated rings. The minimum absolute atomic E-state index is 0.103. The number of carbonyl (C=O) groups is 2. The summed E-state index contributed by atoms with van der Waals surface area (Å²) in [6.45, 7) is 0. The molecule has 0 bridgehead atoms. The van der Waals surface area contributed by atoms with E-state index in [0.717, 1.165) is 21.6 Å². The summed E-state index contributed by atoms with van der Waals surface area (Å²) in [4.78, 5) is 28.3. The Labute approximate surface area is 180 Å². The van der Waals surface area contributed by atoms with Gasteiger partial charge in [0.05, 0.1) is 21.2 Å². The molecule has 1 aliphatic heterocycles. The van der Waals surface area contributed by atoms with Crippen molar-refractivity contribution in [3.8, 4) is 0 Å². The molecule has 3 aromatic carbocycles. The smallest absolute Gasteiger partial charge is 0.268 e. The van der Waals surface area contributed by atoms with Crippen LogP contribution in [0.4, 0.5) is 10.1 Å². The number of imide groups is 1. The Kier molecular flexibility index (Phi) is 5.46. The predicted octanol–water partition coefficient (Wildman–Crippen LogP) is 6.21. The molecule has 0 atom stereocenters. The fraction of sp³-hybridized carbons (Fsp3) is 0. The highest BCUT2D eigenvalue weighted by molar-refractivity contribution is 8.04. The highest BCUT2D eigenvalue weighted by Gasteiger charge is 2.42. The molecule has 1 heterocycles. The minimum atomic E-state index is -0.665. The zero-order chi connectivity index (χ0) is 20.5. The molecule has 0 saturated heterocycles. The van der Waals surface area contributed by atoms with E-state index in [4.69, 9.17) is 23.2 Å². The maximum atomic E-state index is 14.4. The molecule has 0 saturated carbocycles. The number of carbonyl (C=O) groups excluding carboxylic acids is 2. The molecular weight excluding hydrogens is 432 g/mol. The van der Waals surface area contributed by atoms with E-state index < -0.39 is 17.6 Å². The monoisotopic (exact) mass is 443 g/mol. The van der Waals surface area contributed by atoms with Gasteiger partial charge < -0.3 is 0 Å². The number of hydrogen-bond acceptors (Lipinski definition) is 3. The van der Waals surface area contributed by atoms with E-state index in [1.807, 2.05) is 30.3 Å². The molecule has 0 unspecified atom stereocenters. The number of benzene rings is 3. The van der Waals surface area contributed by atoms with Crippen LogP contribution < -0.4 is 4.90 Å². The summed E-state index contributed by atoms with van der Waals surface area (Å²) < 4.78 is 14.4. The number of thioether (sulfide) groups is 1. The van der Waals surface area contributed by atoms with Gasteiger partial charge in [-0.25, -0.2) is 9.29 Å². The van der Waals surface area contributed by atoms with Crippen LogP contribution in [0.3, 0.4) is 0 Å². The first-order valence-electron chi connectivity index (χ1n) is 8.53. The Bertz CT molecular complexity index is 1160. The topological polar surface area (TPSA) is 37.4 Å². The molecule has 3 nitrogen and oxygen atoms in total. The molecule has 0 N–H and O–H groups in total. The number of amides is 2. The lowest BCUT2D eigenvalue weighted by Crippen LogP contribution is -2.32. The summed E-state index contributed by atoms with van der Waals surface area (Å²) in [5.74, 6) is -1.90. The largest absolute Gasteiger partial charge is 0.273 e. The average Bonchev–Trinajstić information content (AvgIpc) is 2.93. The van der Waals surface area contributed by atoms with Crippen molar-refractivity contribution in [1.82, 2.24) is 0 Å². The van der Waals surface area contributed by atoms with E-state index in [-0.39, 0.29) is 21.2 Å². The van der Waals surface area contributed by atoms with Crippen molar-refractivity contribution in [3.63, 3.8) is 0 Å². The summed E-state index contributed by atoms with van der Waals surface area (Å²) in [5, 5.41) is 0.634. The van der Waals surface area contributed by atoms with Gasteiger partial charge in [-0.15, -0.1) is 0 Å². The van der Waals surface area contributed by atoms with Crippen molar-refractivity contribution in [1.29, 1.82) is 0 Å². The van der Waals surface area contributed by atoms with Gasteiger partial charge in [-0.1, -0.05) is 71.4 Å². The average molecular weight is 444 g/mol. The molecule has 4 rings (SSSR count). The van der Waals surface area contributed by atoms with Crippen LogP contribution in [0.15, 0.2) is 82.6 Å². The second kappa shape index (κ2) is 8.03. The normalized spacial score (nSPS) is 14.1. The lowest BCUT2D eigenvalue weighted by molar-refractivity contribution is -0.119. The maximum Gasteiger partial charge on any atom is 0.273 e. The predicted molar refractivity (Wildman–Crippen MR) is 115 cm³/mol. The van der Waals surface area contributed by atoms with Gasteiger partial charge in [0.15, 0.2) is 0 Å². The van der Waals surface area contributed by atoms with Crippen LogP contribution in [0, 0.1) is 5.82 Å². The van der Waals surface area contributed by atoms with Crippen molar-refractivity contribution in [3.05, 3.63) is 99.1 Å². The van der Waals surface area contributed by atoms with Crippen LogP contribution in [-0.4, -0.2) is 11.8 Å². The number of rotatable bonds is 4. The van der Waals surface area contributed by atoms with E-state index >= 15 is 0 Å². The molecule has 0 radical (unpaired) electrons. The quantitative estimate of drug-likeness (QED) is 0.449.